The molecule has 0 radical (unpaired) electrons. The van der Waals surface area contributed by atoms with Gasteiger partial charge in [0.15, 0.2) is 5.69 Å². The second kappa shape index (κ2) is 3.57. The van der Waals surface area contributed by atoms with Gasteiger partial charge in [0.05, 0.1) is 0 Å². The van der Waals surface area contributed by atoms with Crippen molar-refractivity contribution in [2.45, 2.75) is 31.8 Å². The van der Waals surface area contributed by atoms with Crippen LogP contribution in [0.2, 0.25) is 0 Å². The summed E-state index contributed by atoms with van der Waals surface area (Å²) in [5, 5.41) is 9.72. The summed E-state index contributed by atoms with van der Waals surface area (Å²) in [6.45, 7) is 1.78. The Labute approximate surface area is 91.9 Å². The van der Waals surface area contributed by atoms with Gasteiger partial charge in [0.25, 0.3) is 0 Å². The summed E-state index contributed by atoms with van der Waals surface area (Å²) in [6.07, 6.45) is 3.00. The van der Waals surface area contributed by atoms with Crippen LogP contribution < -0.4 is 0 Å². The molecule has 0 aromatic carbocycles. The van der Waals surface area contributed by atoms with Crippen molar-refractivity contribution in [1.29, 1.82) is 0 Å². The Morgan fingerprint density at radius 2 is 2.27 bits per heavy atom. The fourth-order valence-electron chi connectivity index (χ4n) is 1.79. The van der Waals surface area contributed by atoms with Crippen LogP contribution in [0.5, 0.6) is 0 Å². The van der Waals surface area contributed by atoms with E-state index in [1.807, 2.05) is 0 Å². The first-order valence-corrected chi connectivity index (χ1v) is 5.67. The minimum absolute atomic E-state index is 0.165. The molecule has 1 saturated carbocycles. The van der Waals surface area contributed by atoms with E-state index in [0.717, 1.165) is 29.1 Å². The van der Waals surface area contributed by atoms with Crippen molar-refractivity contribution in [2.24, 2.45) is 0 Å². The molecule has 0 aliphatic heterocycles. The van der Waals surface area contributed by atoms with Gasteiger partial charge in [-0.25, -0.2) is 9.78 Å². The van der Waals surface area contributed by atoms with Gasteiger partial charge >= 0.3 is 5.97 Å². The van der Waals surface area contributed by atoms with Crippen LogP contribution >= 0.6 is 11.3 Å². The average molecular weight is 227 g/mol. The summed E-state index contributed by atoms with van der Waals surface area (Å²) in [5.41, 5.74) is -0.137. The van der Waals surface area contributed by atoms with Crippen LogP contribution in [-0.4, -0.2) is 23.2 Å². The van der Waals surface area contributed by atoms with Crippen LogP contribution in [0.4, 0.5) is 0 Å². The topological polar surface area (TPSA) is 59.4 Å². The number of ether oxygens (including phenoxy) is 1. The van der Waals surface area contributed by atoms with Crippen LogP contribution in [0, 0.1) is 6.92 Å². The quantitative estimate of drug-likeness (QED) is 0.859. The standard InChI is InChI=1S/C10H13NO3S/c1-6-7(8(12)13)11-9(15-6)10(14-2)4-3-5-10/h3-5H2,1-2H3,(H,12,13). The highest BCUT2D eigenvalue weighted by atomic mass is 32.1. The second-order valence-electron chi connectivity index (χ2n) is 3.78. The van der Waals surface area contributed by atoms with E-state index in [1.165, 1.54) is 11.3 Å². The number of hydrogen-bond acceptors (Lipinski definition) is 4. The third-order valence-corrected chi connectivity index (χ3v) is 4.10. The first-order valence-electron chi connectivity index (χ1n) is 4.85. The lowest BCUT2D eigenvalue weighted by Gasteiger charge is -2.38. The van der Waals surface area contributed by atoms with E-state index in [1.54, 1.807) is 14.0 Å². The highest BCUT2D eigenvalue weighted by molar-refractivity contribution is 7.12. The first kappa shape index (κ1) is 10.6. The first-order chi connectivity index (χ1) is 7.09. The molecule has 1 fully saturated rings. The van der Waals surface area contributed by atoms with Gasteiger partial charge in [0.1, 0.15) is 10.6 Å². The molecule has 0 amide bonds. The highest BCUT2D eigenvalue weighted by Gasteiger charge is 2.42. The Bertz CT molecular complexity index is 390. The molecule has 5 heteroatoms. The van der Waals surface area contributed by atoms with Gasteiger partial charge in [-0.3, -0.25) is 0 Å². The SMILES string of the molecule is COC1(c2nc(C(=O)O)c(C)s2)CCC1. The zero-order valence-electron chi connectivity index (χ0n) is 8.74. The predicted molar refractivity (Wildman–Crippen MR) is 56.3 cm³/mol. The Morgan fingerprint density at radius 1 is 1.60 bits per heavy atom. The molecule has 1 aliphatic carbocycles. The number of aromatic nitrogens is 1. The third-order valence-electron chi connectivity index (χ3n) is 2.94. The lowest BCUT2D eigenvalue weighted by molar-refractivity contribution is -0.0779. The highest BCUT2D eigenvalue weighted by Crippen LogP contribution is 2.46. The Morgan fingerprint density at radius 3 is 2.60 bits per heavy atom. The van der Waals surface area contributed by atoms with Gasteiger partial charge in [0.2, 0.25) is 0 Å². The maximum absolute atomic E-state index is 10.9. The third kappa shape index (κ3) is 1.55. The number of carboxylic acids is 1. The summed E-state index contributed by atoms with van der Waals surface area (Å²) < 4.78 is 5.46. The minimum atomic E-state index is -0.958. The molecule has 2 rings (SSSR count). The molecule has 4 nitrogen and oxygen atoms in total. The number of thiazole rings is 1. The van der Waals surface area contributed by atoms with Crippen LogP contribution in [0.1, 0.15) is 39.6 Å². The molecule has 15 heavy (non-hydrogen) atoms. The zero-order chi connectivity index (χ0) is 11.1. The molecule has 1 aliphatic rings. The van der Waals surface area contributed by atoms with Crippen molar-refractivity contribution in [2.75, 3.05) is 7.11 Å². The number of methoxy groups -OCH3 is 1. The molecule has 0 spiro atoms. The van der Waals surface area contributed by atoms with Crippen molar-refractivity contribution in [3.05, 3.63) is 15.6 Å². The van der Waals surface area contributed by atoms with Crippen LogP contribution in [0.3, 0.4) is 0 Å². The summed E-state index contributed by atoms with van der Waals surface area (Å²) in [5.74, 6) is -0.958. The zero-order valence-corrected chi connectivity index (χ0v) is 9.56. The van der Waals surface area contributed by atoms with E-state index < -0.39 is 5.97 Å². The van der Waals surface area contributed by atoms with Crippen LogP contribution in [-0.2, 0) is 10.3 Å². The number of hydrogen-bond donors (Lipinski definition) is 1. The van der Waals surface area contributed by atoms with Crippen molar-refractivity contribution in [1.82, 2.24) is 4.98 Å². The number of carbonyl (C=O) groups is 1. The lowest BCUT2D eigenvalue weighted by Crippen LogP contribution is -2.36. The normalized spacial score (nSPS) is 18.5. The maximum Gasteiger partial charge on any atom is 0.355 e. The Balaban J connectivity index is 2.37. The maximum atomic E-state index is 10.9. The van der Waals surface area contributed by atoms with Crippen molar-refractivity contribution >= 4 is 17.3 Å². The summed E-state index contributed by atoms with van der Waals surface area (Å²) in [4.78, 5) is 15.8. The smallest absolute Gasteiger partial charge is 0.355 e. The van der Waals surface area contributed by atoms with Gasteiger partial charge in [0, 0.05) is 12.0 Å². The fourth-order valence-corrected chi connectivity index (χ4v) is 2.92. The molecule has 0 atom stereocenters. The molecular weight excluding hydrogens is 214 g/mol. The van der Waals surface area contributed by atoms with Gasteiger partial charge < -0.3 is 9.84 Å². The van der Waals surface area contributed by atoms with Crippen molar-refractivity contribution in [3.8, 4) is 0 Å². The molecule has 0 bridgehead atoms. The molecule has 1 aromatic rings. The van der Waals surface area contributed by atoms with Gasteiger partial charge in [-0.2, -0.15) is 0 Å². The van der Waals surface area contributed by atoms with E-state index in [-0.39, 0.29) is 11.3 Å². The molecular formula is C10H13NO3S. The van der Waals surface area contributed by atoms with Gasteiger partial charge in [-0.15, -0.1) is 11.3 Å². The summed E-state index contributed by atoms with van der Waals surface area (Å²) in [6, 6.07) is 0. The average Bonchev–Trinajstić information content (AvgIpc) is 2.47. The monoisotopic (exact) mass is 227 g/mol. The fraction of sp³-hybridized carbons (Fsp3) is 0.600. The summed E-state index contributed by atoms with van der Waals surface area (Å²) >= 11 is 1.43. The van der Waals surface area contributed by atoms with E-state index in [0.29, 0.717) is 0 Å². The van der Waals surface area contributed by atoms with Crippen molar-refractivity contribution < 1.29 is 14.6 Å². The molecule has 0 unspecified atom stereocenters. The number of rotatable bonds is 3. The van der Waals surface area contributed by atoms with Crippen LogP contribution in [0.15, 0.2) is 0 Å². The van der Waals surface area contributed by atoms with Crippen LogP contribution in [0.25, 0.3) is 0 Å². The van der Waals surface area contributed by atoms with E-state index in [9.17, 15) is 4.79 Å². The number of carboxylic acid groups (broad SMARTS) is 1. The minimum Gasteiger partial charge on any atom is -0.476 e. The Hall–Kier alpha value is -0.940. The molecule has 1 heterocycles. The lowest BCUT2D eigenvalue weighted by atomic mass is 9.80. The van der Waals surface area contributed by atoms with E-state index >= 15 is 0 Å². The van der Waals surface area contributed by atoms with E-state index in [2.05, 4.69) is 4.98 Å². The Kier molecular flexibility index (Phi) is 2.52. The second-order valence-corrected chi connectivity index (χ2v) is 4.98. The molecule has 1 N–H and O–H groups in total. The number of nitrogens with zero attached hydrogens (tertiary/aromatic N) is 1. The number of aryl methyl sites for hydroxylation is 1. The molecule has 1 aromatic heterocycles. The van der Waals surface area contributed by atoms with E-state index in [4.69, 9.17) is 9.84 Å². The predicted octanol–water partition coefficient (Wildman–Crippen LogP) is 2.18. The largest absolute Gasteiger partial charge is 0.476 e. The molecule has 0 saturated heterocycles. The summed E-state index contributed by atoms with van der Waals surface area (Å²) in [7, 11) is 1.66. The number of aromatic carboxylic acids is 1. The molecule has 82 valence electrons. The van der Waals surface area contributed by atoms with Gasteiger partial charge in [-0.05, 0) is 26.2 Å². The van der Waals surface area contributed by atoms with Gasteiger partial charge in [-0.1, -0.05) is 0 Å². The van der Waals surface area contributed by atoms with Crippen molar-refractivity contribution in [3.63, 3.8) is 0 Å².